The summed E-state index contributed by atoms with van der Waals surface area (Å²) in [6, 6.07) is 7.56. The third-order valence-electron chi connectivity index (χ3n) is 3.12. The van der Waals surface area contributed by atoms with Crippen LogP contribution >= 0.6 is 0 Å². The Morgan fingerprint density at radius 3 is 2.76 bits per heavy atom. The fraction of sp³-hybridized carbons (Fsp3) is 0.357. The van der Waals surface area contributed by atoms with Crippen molar-refractivity contribution in [3.05, 3.63) is 42.2 Å². The van der Waals surface area contributed by atoms with Crippen LogP contribution in [0.3, 0.4) is 0 Å². The molecule has 2 aromatic rings. The van der Waals surface area contributed by atoms with Crippen LogP contribution in [-0.2, 0) is 23.0 Å². The van der Waals surface area contributed by atoms with Crippen molar-refractivity contribution in [3.63, 3.8) is 0 Å². The summed E-state index contributed by atoms with van der Waals surface area (Å²) in [6.45, 7) is 2.84. The molecule has 0 radical (unpaired) electrons. The van der Waals surface area contributed by atoms with Gasteiger partial charge in [0, 0.05) is 19.3 Å². The lowest BCUT2D eigenvalue weighted by Crippen LogP contribution is -2.25. The van der Waals surface area contributed by atoms with Crippen LogP contribution in [0.25, 0.3) is 0 Å². The number of rotatable bonds is 7. The zero-order valence-electron chi connectivity index (χ0n) is 12.1. The Morgan fingerprint density at radius 2 is 2.10 bits per heavy atom. The van der Waals surface area contributed by atoms with E-state index in [1.54, 1.807) is 11.8 Å². The largest absolute Gasteiger partial charge is 0.496 e. The molecule has 0 spiro atoms. The second-order valence-electron chi connectivity index (χ2n) is 4.49. The van der Waals surface area contributed by atoms with E-state index in [9.17, 15) is 8.42 Å². The first-order valence-corrected chi connectivity index (χ1v) is 8.19. The molecule has 21 heavy (non-hydrogen) atoms. The summed E-state index contributed by atoms with van der Waals surface area (Å²) < 4.78 is 33.6. The van der Waals surface area contributed by atoms with Crippen molar-refractivity contribution >= 4 is 10.0 Å². The minimum atomic E-state index is -3.51. The first-order valence-electron chi connectivity index (χ1n) is 6.71. The van der Waals surface area contributed by atoms with Gasteiger partial charge in [0.2, 0.25) is 10.0 Å². The van der Waals surface area contributed by atoms with Gasteiger partial charge in [0.25, 0.3) is 0 Å². The number of hydrogen-bond acceptors (Lipinski definition) is 4. The maximum Gasteiger partial charge on any atom is 0.243 e. The predicted molar refractivity (Wildman–Crippen MR) is 79.8 cm³/mol. The van der Waals surface area contributed by atoms with Crippen molar-refractivity contribution in [2.45, 2.75) is 24.8 Å². The second kappa shape index (κ2) is 6.73. The number of nitrogens with zero attached hydrogens (tertiary/aromatic N) is 2. The normalized spacial score (nSPS) is 11.5. The molecular weight excluding hydrogens is 290 g/mol. The van der Waals surface area contributed by atoms with Crippen molar-refractivity contribution in [1.82, 2.24) is 14.5 Å². The van der Waals surface area contributed by atoms with E-state index in [1.807, 2.05) is 31.2 Å². The first-order chi connectivity index (χ1) is 10.1. The summed E-state index contributed by atoms with van der Waals surface area (Å²) in [5.41, 5.74) is 0.965. The maximum absolute atomic E-state index is 12.1. The minimum absolute atomic E-state index is 0.185. The van der Waals surface area contributed by atoms with E-state index in [2.05, 4.69) is 9.82 Å². The Hall–Kier alpha value is -1.86. The van der Waals surface area contributed by atoms with Crippen molar-refractivity contribution in [1.29, 1.82) is 0 Å². The van der Waals surface area contributed by atoms with E-state index in [1.165, 1.54) is 12.4 Å². The zero-order chi connectivity index (χ0) is 15.3. The topological polar surface area (TPSA) is 73.2 Å². The highest BCUT2D eigenvalue weighted by Gasteiger charge is 2.15. The van der Waals surface area contributed by atoms with Crippen molar-refractivity contribution in [3.8, 4) is 5.75 Å². The molecule has 0 aliphatic carbocycles. The van der Waals surface area contributed by atoms with Crippen LogP contribution in [0.15, 0.2) is 41.6 Å². The van der Waals surface area contributed by atoms with Crippen LogP contribution in [0, 0.1) is 0 Å². The molecule has 0 amide bonds. The standard InChI is InChI=1S/C14H19N3O3S/c1-3-17-11-13(10-15-17)21(18,19)16-9-8-12-6-4-5-7-14(12)20-2/h4-7,10-11,16H,3,8-9H2,1-2H3. The number of nitrogens with one attached hydrogen (secondary N) is 1. The summed E-state index contributed by atoms with van der Waals surface area (Å²) in [7, 11) is -1.91. The Kier molecular flexibility index (Phi) is 4.98. The molecular formula is C14H19N3O3S. The molecule has 0 bridgehead atoms. The Labute approximate surface area is 124 Å². The van der Waals surface area contributed by atoms with Gasteiger partial charge < -0.3 is 4.74 Å². The monoisotopic (exact) mass is 309 g/mol. The van der Waals surface area contributed by atoms with Gasteiger partial charge in [-0.15, -0.1) is 0 Å². The van der Waals surface area contributed by atoms with Crippen LogP contribution in [0.1, 0.15) is 12.5 Å². The van der Waals surface area contributed by atoms with E-state index in [0.29, 0.717) is 19.5 Å². The molecule has 7 heteroatoms. The van der Waals surface area contributed by atoms with Crippen LogP contribution in [0.2, 0.25) is 0 Å². The lowest BCUT2D eigenvalue weighted by Gasteiger charge is -2.08. The number of sulfonamides is 1. The molecule has 0 atom stereocenters. The summed E-state index contributed by atoms with van der Waals surface area (Å²) in [4.78, 5) is 0.185. The van der Waals surface area contributed by atoms with Crippen LogP contribution in [-0.4, -0.2) is 31.9 Å². The number of aryl methyl sites for hydroxylation is 1. The molecule has 1 heterocycles. The fourth-order valence-electron chi connectivity index (χ4n) is 1.97. The van der Waals surface area contributed by atoms with Crippen molar-refractivity contribution < 1.29 is 13.2 Å². The average Bonchev–Trinajstić information content (AvgIpc) is 2.97. The van der Waals surface area contributed by atoms with Gasteiger partial charge in [-0.1, -0.05) is 18.2 Å². The zero-order valence-corrected chi connectivity index (χ0v) is 12.9. The SMILES string of the molecule is CCn1cc(S(=O)(=O)NCCc2ccccc2OC)cn1. The second-order valence-corrected chi connectivity index (χ2v) is 6.26. The fourth-order valence-corrected chi connectivity index (χ4v) is 2.95. The number of ether oxygens (including phenoxy) is 1. The summed E-state index contributed by atoms with van der Waals surface area (Å²) >= 11 is 0. The molecule has 1 aromatic heterocycles. The van der Waals surface area contributed by atoms with Gasteiger partial charge in [-0.2, -0.15) is 5.10 Å². The molecule has 6 nitrogen and oxygen atoms in total. The van der Waals surface area contributed by atoms with E-state index < -0.39 is 10.0 Å². The van der Waals surface area contributed by atoms with Crippen molar-refractivity contribution in [2.75, 3.05) is 13.7 Å². The summed E-state index contributed by atoms with van der Waals surface area (Å²) in [6.07, 6.45) is 3.44. The lowest BCUT2D eigenvalue weighted by molar-refractivity contribution is 0.409. The Bertz CT molecular complexity index is 695. The van der Waals surface area contributed by atoms with Crippen LogP contribution in [0.5, 0.6) is 5.75 Å². The third-order valence-corrected chi connectivity index (χ3v) is 4.54. The summed E-state index contributed by atoms with van der Waals surface area (Å²) in [5, 5.41) is 3.97. The highest BCUT2D eigenvalue weighted by atomic mass is 32.2. The van der Waals surface area contributed by atoms with Gasteiger partial charge in [-0.25, -0.2) is 13.1 Å². The van der Waals surface area contributed by atoms with E-state index in [4.69, 9.17) is 4.74 Å². The van der Waals surface area contributed by atoms with E-state index in [0.717, 1.165) is 11.3 Å². The Balaban J connectivity index is 1.99. The number of para-hydroxylation sites is 1. The van der Waals surface area contributed by atoms with Gasteiger partial charge >= 0.3 is 0 Å². The molecule has 1 N–H and O–H groups in total. The van der Waals surface area contributed by atoms with Gasteiger partial charge in [0.1, 0.15) is 10.6 Å². The van der Waals surface area contributed by atoms with Crippen LogP contribution in [0.4, 0.5) is 0 Å². The highest BCUT2D eigenvalue weighted by Crippen LogP contribution is 2.17. The van der Waals surface area contributed by atoms with Gasteiger partial charge in [0.05, 0.1) is 13.3 Å². The van der Waals surface area contributed by atoms with E-state index >= 15 is 0 Å². The molecule has 0 saturated carbocycles. The molecule has 0 saturated heterocycles. The van der Waals surface area contributed by atoms with Crippen molar-refractivity contribution in [2.24, 2.45) is 0 Å². The predicted octanol–water partition coefficient (Wildman–Crippen LogP) is 1.43. The smallest absolute Gasteiger partial charge is 0.243 e. The van der Waals surface area contributed by atoms with Gasteiger partial charge in [-0.3, -0.25) is 4.68 Å². The molecule has 114 valence electrons. The van der Waals surface area contributed by atoms with Crippen LogP contribution < -0.4 is 9.46 Å². The lowest BCUT2D eigenvalue weighted by atomic mass is 10.1. The summed E-state index contributed by atoms with van der Waals surface area (Å²) in [5.74, 6) is 0.760. The van der Waals surface area contributed by atoms with E-state index in [-0.39, 0.29) is 4.90 Å². The number of benzene rings is 1. The molecule has 0 aliphatic rings. The molecule has 0 aliphatic heterocycles. The number of hydrogen-bond donors (Lipinski definition) is 1. The molecule has 1 aromatic carbocycles. The Morgan fingerprint density at radius 1 is 1.33 bits per heavy atom. The minimum Gasteiger partial charge on any atom is -0.496 e. The average molecular weight is 309 g/mol. The van der Waals surface area contributed by atoms with Gasteiger partial charge in [0.15, 0.2) is 0 Å². The van der Waals surface area contributed by atoms with Gasteiger partial charge in [-0.05, 0) is 25.0 Å². The quantitative estimate of drug-likeness (QED) is 0.840. The molecule has 0 unspecified atom stereocenters. The first kappa shape index (κ1) is 15.5. The number of methoxy groups -OCH3 is 1. The molecule has 2 rings (SSSR count). The molecule has 0 fully saturated rings. The highest BCUT2D eigenvalue weighted by molar-refractivity contribution is 7.89. The maximum atomic E-state index is 12.1. The third kappa shape index (κ3) is 3.83. The number of aromatic nitrogens is 2.